The Kier molecular flexibility index (Phi) is 3.43. The van der Waals surface area contributed by atoms with Crippen molar-refractivity contribution in [2.24, 2.45) is 0 Å². The number of nitriles is 1. The quantitative estimate of drug-likeness (QED) is 0.862. The van der Waals surface area contributed by atoms with Crippen molar-refractivity contribution in [2.45, 2.75) is 24.9 Å². The van der Waals surface area contributed by atoms with Gasteiger partial charge in [-0.05, 0) is 29.9 Å². The Labute approximate surface area is 138 Å². The molecule has 0 amide bonds. The predicted molar refractivity (Wildman–Crippen MR) is 88.3 cm³/mol. The Morgan fingerprint density at radius 1 is 1.39 bits per heavy atom. The minimum absolute atomic E-state index is 0.151. The topological polar surface area (TPSA) is 88.1 Å². The fourth-order valence-corrected chi connectivity index (χ4v) is 4.41. The molecule has 7 heteroatoms. The summed E-state index contributed by atoms with van der Waals surface area (Å²) in [6, 6.07) is 4.21. The average Bonchev–Trinajstić information content (AvgIpc) is 3.06. The van der Waals surface area contributed by atoms with E-state index in [2.05, 4.69) is 26.3 Å². The van der Waals surface area contributed by atoms with Gasteiger partial charge >= 0.3 is 0 Å². The first-order valence-electron chi connectivity index (χ1n) is 7.70. The number of rotatable bonds is 1. The van der Waals surface area contributed by atoms with Gasteiger partial charge in [-0.25, -0.2) is 4.98 Å². The smallest absolute Gasteiger partial charge is 0.227 e. The summed E-state index contributed by atoms with van der Waals surface area (Å²) in [5, 5.41) is 11.1. The molecule has 2 aliphatic rings. The summed E-state index contributed by atoms with van der Waals surface area (Å²) in [6.07, 6.45) is 4.35. The van der Waals surface area contributed by atoms with E-state index in [4.69, 9.17) is 15.7 Å². The van der Waals surface area contributed by atoms with Gasteiger partial charge in [-0.15, -0.1) is 11.3 Å². The van der Waals surface area contributed by atoms with Gasteiger partial charge in [-0.3, -0.25) is 0 Å². The molecular formula is C16H17N5OS. The molecule has 6 nitrogen and oxygen atoms in total. The molecule has 0 aliphatic carbocycles. The number of nitrogens with zero attached hydrogens (tertiary/aromatic N) is 4. The largest absolute Gasteiger partial charge is 0.382 e. The summed E-state index contributed by atoms with van der Waals surface area (Å²) in [7, 11) is 0. The number of anilines is 2. The predicted octanol–water partition coefficient (Wildman–Crippen LogP) is 2.06. The van der Waals surface area contributed by atoms with Gasteiger partial charge in [0.05, 0.1) is 18.4 Å². The Balaban J connectivity index is 1.54. The molecule has 2 N–H and O–H groups in total. The van der Waals surface area contributed by atoms with Crippen LogP contribution in [0.5, 0.6) is 0 Å². The highest BCUT2D eigenvalue weighted by Gasteiger charge is 2.41. The van der Waals surface area contributed by atoms with Crippen molar-refractivity contribution in [2.75, 3.05) is 30.3 Å². The average molecular weight is 327 g/mol. The normalized spacial score (nSPS) is 19.3. The van der Waals surface area contributed by atoms with Crippen LogP contribution in [0.4, 0.5) is 11.8 Å². The number of fused-ring (bicyclic) bond motifs is 2. The van der Waals surface area contributed by atoms with Crippen LogP contribution in [-0.2, 0) is 16.8 Å². The molecule has 118 valence electrons. The molecule has 2 aliphatic heterocycles. The molecular weight excluding hydrogens is 310 g/mol. The molecule has 0 unspecified atom stereocenters. The zero-order chi connectivity index (χ0) is 15.9. The van der Waals surface area contributed by atoms with Gasteiger partial charge in [0.1, 0.15) is 17.5 Å². The SMILES string of the molecule is N#Cc1cnc(N2CCC3(CC2)OCCc2sccc23)nc1N. The fraction of sp³-hybridized carbons (Fsp3) is 0.438. The summed E-state index contributed by atoms with van der Waals surface area (Å²) < 4.78 is 6.21. The number of nitrogen functional groups attached to an aromatic ring is 1. The van der Waals surface area contributed by atoms with Crippen molar-refractivity contribution in [1.29, 1.82) is 5.26 Å². The lowest BCUT2D eigenvalue weighted by Crippen LogP contribution is -2.46. The second kappa shape index (κ2) is 5.48. The number of aromatic nitrogens is 2. The van der Waals surface area contributed by atoms with Crippen molar-refractivity contribution >= 4 is 23.1 Å². The van der Waals surface area contributed by atoms with E-state index in [0.29, 0.717) is 11.5 Å². The monoisotopic (exact) mass is 327 g/mol. The van der Waals surface area contributed by atoms with E-state index in [1.54, 1.807) is 0 Å². The Morgan fingerprint density at radius 2 is 2.22 bits per heavy atom. The maximum atomic E-state index is 8.92. The van der Waals surface area contributed by atoms with E-state index in [9.17, 15) is 0 Å². The van der Waals surface area contributed by atoms with E-state index in [0.717, 1.165) is 39.0 Å². The maximum absolute atomic E-state index is 8.92. The molecule has 1 fully saturated rings. The van der Waals surface area contributed by atoms with Gasteiger partial charge in [-0.1, -0.05) is 0 Å². The highest BCUT2D eigenvalue weighted by molar-refractivity contribution is 7.10. The molecule has 0 bridgehead atoms. The second-order valence-electron chi connectivity index (χ2n) is 5.92. The van der Waals surface area contributed by atoms with Crippen molar-refractivity contribution in [3.63, 3.8) is 0 Å². The molecule has 0 atom stereocenters. The number of thiophene rings is 1. The van der Waals surface area contributed by atoms with Gasteiger partial charge in [-0.2, -0.15) is 10.2 Å². The second-order valence-corrected chi connectivity index (χ2v) is 6.92. The third kappa shape index (κ3) is 2.35. The van der Waals surface area contributed by atoms with Gasteiger partial charge in [0.25, 0.3) is 0 Å². The van der Waals surface area contributed by atoms with E-state index >= 15 is 0 Å². The van der Waals surface area contributed by atoms with E-state index in [1.807, 2.05) is 17.4 Å². The summed E-state index contributed by atoms with van der Waals surface area (Å²) in [6.45, 7) is 2.44. The van der Waals surface area contributed by atoms with Crippen LogP contribution >= 0.6 is 11.3 Å². The highest BCUT2D eigenvalue weighted by atomic mass is 32.1. The standard InChI is InChI=1S/C16H17N5OS/c17-9-11-10-19-15(20-14(11)18)21-5-3-16(4-6-21)12-2-8-23-13(12)1-7-22-16/h2,8,10H,1,3-7H2,(H2,18,19,20). The summed E-state index contributed by atoms with van der Waals surface area (Å²) in [5.41, 5.74) is 7.34. The zero-order valence-corrected chi connectivity index (χ0v) is 13.5. The maximum Gasteiger partial charge on any atom is 0.227 e. The van der Waals surface area contributed by atoms with Crippen LogP contribution in [0.2, 0.25) is 0 Å². The lowest BCUT2D eigenvalue weighted by Gasteiger charge is -2.44. The molecule has 0 saturated carbocycles. The molecule has 0 radical (unpaired) electrons. The van der Waals surface area contributed by atoms with Gasteiger partial charge in [0.15, 0.2) is 0 Å². The number of hydrogen-bond donors (Lipinski definition) is 1. The number of hydrogen-bond acceptors (Lipinski definition) is 7. The van der Waals surface area contributed by atoms with Crippen molar-refractivity contribution in [3.05, 3.63) is 33.6 Å². The van der Waals surface area contributed by atoms with Crippen LogP contribution in [0, 0.1) is 11.3 Å². The molecule has 2 aromatic rings. The Hall–Kier alpha value is -2.17. The first-order chi connectivity index (χ1) is 11.2. The third-order valence-electron chi connectivity index (χ3n) is 4.72. The van der Waals surface area contributed by atoms with E-state index in [1.165, 1.54) is 16.6 Å². The van der Waals surface area contributed by atoms with Gasteiger partial charge in [0.2, 0.25) is 5.95 Å². The molecule has 1 saturated heterocycles. The summed E-state index contributed by atoms with van der Waals surface area (Å²) in [5.74, 6) is 0.838. The number of ether oxygens (including phenoxy) is 1. The molecule has 4 rings (SSSR count). The molecule has 4 heterocycles. The van der Waals surface area contributed by atoms with Crippen molar-refractivity contribution in [1.82, 2.24) is 9.97 Å². The number of piperidine rings is 1. The zero-order valence-electron chi connectivity index (χ0n) is 12.7. The van der Waals surface area contributed by atoms with E-state index in [-0.39, 0.29) is 11.4 Å². The highest BCUT2D eigenvalue weighted by Crippen LogP contribution is 2.43. The van der Waals surface area contributed by atoms with Crippen LogP contribution in [0.3, 0.4) is 0 Å². The lowest BCUT2D eigenvalue weighted by atomic mass is 9.82. The van der Waals surface area contributed by atoms with Crippen molar-refractivity contribution in [3.8, 4) is 6.07 Å². The first-order valence-corrected chi connectivity index (χ1v) is 8.58. The summed E-state index contributed by atoms with van der Waals surface area (Å²) in [4.78, 5) is 12.1. The molecule has 23 heavy (non-hydrogen) atoms. The third-order valence-corrected chi connectivity index (χ3v) is 5.70. The van der Waals surface area contributed by atoms with Gasteiger partial charge < -0.3 is 15.4 Å². The summed E-state index contributed by atoms with van der Waals surface area (Å²) >= 11 is 1.83. The molecule has 2 aromatic heterocycles. The molecule has 0 aromatic carbocycles. The lowest BCUT2D eigenvalue weighted by molar-refractivity contribution is -0.0757. The van der Waals surface area contributed by atoms with E-state index < -0.39 is 0 Å². The van der Waals surface area contributed by atoms with Crippen LogP contribution in [0.1, 0.15) is 28.8 Å². The van der Waals surface area contributed by atoms with Crippen LogP contribution in [0.25, 0.3) is 0 Å². The number of nitrogens with two attached hydrogens (primary N) is 1. The Morgan fingerprint density at radius 3 is 2.96 bits per heavy atom. The van der Waals surface area contributed by atoms with Crippen molar-refractivity contribution < 1.29 is 4.74 Å². The van der Waals surface area contributed by atoms with Crippen LogP contribution < -0.4 is 10.6 Å². The Bertz CT molecular complexity index is 773. The van der Waals surface area contributed by atoms with Crippen LogP contribution in [0.15, 0.2) is 17.6 Å². The fourth-order valence-electron chi connectivity index (χ4n) is 3.46. The minimum atomic E-state index is -0.151. The first kappa shape index (κ1) is 14.4. The van der Waals surface area contributed by atoms with Gasteiger partial charge in [0, 0.05) is 24.4 Å². The van der Waals surface area contributed by atoms with Crippen LogP contribution in [-0.4, -0.2) is 29.7 Å². The molecule has 1 spiro atoms. The minimum Gasteiger partial charge on any atom is -0.382 e.